The summed E-state index contributed by atoms with van der Waals surface area (Å²) < 4.78 is 10.6. The lowest BCUT2D eigenvalue weighted by Gasteiger charge is -2.11. The first-order valence-electron chi connectivity index (χ1n) is 7.55. The minimum Gasteiger partial charge on any atom is -0.493 e. The SMILES string of the molecule is COc1cc2nc(Cl)nc(N/N=C/c3cccc(C)c3)c2cc1OC. The third-order valence-electron chi connectivity index (χ3n) is 3.60. The predicted octanol–water partition coefficient (Wildman–Crippen LogP) is 4.05. The van der Waals surface area contributed by atoms with Crippen LogP contribution in [0.5, 0.6) is 11.5 Å². The molecular weight excluding hydrogens is 340 g/mol. The second-order valence-corrected chi connectivity index (χ2v) is 5.69. The Bertz CT molecular complexity index is 944. The summed E-state index contributed by atoms with van der Waals surface area (Å²) in [5, 5.41) is 5.09. The molecule has 0 spiro atoms. The molecule has 0 saturated heterocycles. The van der Waals surface area contributed by atoms with E-state index in [-0.39, 0.29) is 5.28 Å². The zero-order valence-corrected chi connectivity index (χ0v) is 14.8. The average molecular weight is 357 g/mol. The Balaban J connectivity index is 1.97. The molecule has 3 aromatic rings. The van der Waals surface area contributed by atoms with Crippen LogP contribution in [0.2, 0.25) is 5.28 Å². The zero-order chi connectivity index (χ0) is 17.8. The molecule has 25 heavy (non-hydrogen) atoms. The Labute approximate surface area is 150 Å². The highest BCUT2D eigenvalue weighted by Gasteiger charge is 2.12. The molecule has 0 aliphatic heterocycles. The van der Waals surface area contributed by atoms with Crippen molar-refractivity contribution in [2.45, 2.75) is 6.92 Å². The third-order valence-corrected chi connectivity index (χ3v) is 3.77. The van der Waals surface area contributed by atoms with E-state index in [2.05, 4.69) is 20.5 Å². The van der Waals surface area contributed by atoms with Crippen molar-refractivity contribution in [3.63, 3.8) is 0 Å². The molecule has 2 aromatic carbocycles. The fourth-order valence-corrected chi connectivity index (χ4v) is 2.61. The fraction of sp³-hybridized carbons (Fsp3) is 0.167. The second-order valence-electron chi connectivity index (χ2n) is 5.35. The van der Waals surface area contributed by atoms with E-state index in [4.69, 9.17) is 21.1 Å². The molecule has 3 rings (SSSR count). The van der Waals surface area contributed by atoms with Gasteiger partial charge in [0, 0.05) is 11.5 Å². The largest absolute Gasteiger partial charge is 0.493 e. The van der Waals surface area contributed by atoms with Gasteiger partial charge in [0.1, 0.15) is 0 Å². The highest BCUT2D eigenvalue weighted by Crippen LogP contribution is 2.34. The lowest BCUT2D eigenvalue weighted by molar-refractivity contribution is 0.356. The molecule has 0 amide bonds. The van der Waals surface area contributed by atoms with E-state index >= 15 is 0 Å². The minimum absolute atomic E-state index is 0.118. The van der Waals surface area contributed by atoms with Gasteiger partial charge in [-0.1, -0.05) is 29.8 Å². The van der Waals surface area contributed by atoms with Gasteiger partial charge in [0.05, 0.1) is 26.0 Å². The van der Waals surface area contributed by atoms with Crippen LogP contribution in [0.4, 0.5) is 5.82 Å². The maximum Gasteiger partial charge on any atom is 0.224 e. The summed E-state index contributed by atoms with van der Waals surface area (Å²) in [6.07, 6.45) is 1.72. The summed E-state index contributed by atoms with van der Waals surface area (Å²) in [6.45, 7) is 2.03. The van der Waals surface area contributed by atoms with Crippen LogP contribution in [0.1, 0.15) is 11.1 Å². The van der Waals surface area contributed by atoms with Crippen molar-refractivity contribution in [2.24, 2.45) is 5.10 Å². The molecule has 1 N–H and O–H groups in total. The predicted molar refractivity (Wildman–Crippen MR) is 100 cm³/mol. The summed E-state index contributed by atoms with van der Waals surface area (Å²) in [7, 11) is 3.14. The maximum atomic E-state index is 6.02. The van der Waals surface area contributed by atoms with E-state index in [0.29, 0.717) is 22.8 Å². The number of hydrogen-bond donors (Lipinski definition) is 1. The topological polar surface area (TPSA) is 68.6 Å². The molecule has 0 atom stereocenters. The molecule has 7 heteroatoms. The lowest BCUT2D eigenvalue weighted by Crippen LogP contribution is -1.99. The first kappa shape index (κ1) is 17.0. The van der Waals surface area contributed by atoms with Crippen LogP contribution in [0.15, 0.2) is 41.5 Å². The molecule has 0 bridgehead atoms. The number of methoxy groups -OCH3 is 2. The standard InChI is InChI=1S/C18H17ClN4O2/c1-11-5-4-6-12(7-11)10-20-23-17-13-8-15(24-2)16(25-3)9-14(13)21-18(19)22-17/h4-10H,1-3H3,(H,21,22,23)/b20-10+. The monoisotopic (exact) mass is 356 g/mol. The number of hydrazone groups is 1. The number of halogens is 1. The van der Waals surface area contributed by atoms with Crippen molar-refractivity contribution in [3.8, 4) is 11.5 Å². The fourth-order valence-electron chi connectivity index (χ4n) is 2.43. The number of ether oxygens (including phenoxy) is 2. The first-order valence-corrected chi connectivity index (χ1v) is 7.93. The van der Waals surface area contributed by atoms with Gasteiger partial charge in [-0.05, 0) is 30.2 Å². The van der Waals surface area contributed by atoms with E-state index in [9.17, 15) is 0 Å². The van der Waals surface area contributed by atoms with Crippen molar-refractivity contribution in [2.75, 3.05) is 19.6 Å². The molecular formula is C18H17ClN4O2. The maximum absolute atomic E-state index is 6.02. The Morgan fingerprint density at radius 1 is 1.08 bits per heavy atom. The highest BCUT2D eigenvalue weighted by atomic mass is 35.5. The first-order chi connectivity index (χ1) is 12.1. The van der Waals surface area contributed by atoms with Gasteiger partial charge in [0.15, 0.2) is 17.3 Å². The Morgan fingerprint density at radius 2 is 1.84 bits per heavy atom. The number of fused-ring (bicyclic) bond motifs is 1. The van der Waals surface area contributed by atoms with Gasteiger partial charge in [-0.3, -0.25) is 5.43 Å². The Kier molecular flexibility index (Phi) is 5.00. The quantitative estimate of drug-likeness (QED) is 0.424. The molecule has 1 heterocycles. The van der Waals surface area contributed by atoms with Gasteiger partial charge < -0.3 is 9.47 Å². The van der Waals surface area contributed by atoms with E-state index in [0.717, 1.165) is 16.5 Å². The smallest absolute Gasteiger partial charge is 0.224 e. The summed E-state index contributed by atoms with van der Waals surface area (Å²) in [4.78, 5) is 8.44. The van der Waals surface area contributed by atoms with Crippen LogP contribution in [0.25, 0.3) is 10.9 Å². The summed E-state index contributed by atoms with van der Waals surface area (Å²) in [6, 6.07) is 11.5. The molecule has 0 aliphatic carbocycles. The molecule has 0 radical (unpaired) electrons. The highest BCUT2D eigenvalue weighted by molar-refractivity contribution is 6.28. The van der Waals surface area contributed by atoms with Gasteiger partial charge >= 0.3 is 0 Å². The Morgan fingerprint density at radius 3 is 2.56 bits per heavy atom. The number of benzene rings is 2. The van der Waals surface area contributed by atoms with Gasteiger partial charge in [0.25, 0.3) is 0 Å². The molecule has 0 fully saturated rings. The van der Waals surface area contributed by atoms with Crippen molar-refractivity contribution in [1.82, 2.24) is 9.97 Å². The number of rotatable bonds is 5. The normalized spacial score (nSPS) is 11.0. The van der Waals surface area contributed by atoms with Crippen molar-refractivity contribution in [1.29, 1.82) is 0 Å². The minimum atomic E-state index is 0.118. The van der Waals surface area contributed by atoms with Gasteiger partial charge in [-0.25, -0.2) is 4.98 Å². The number of aromatic nitrogens is 2. The van der Waals surface area contributed by atoms with Crippen LogP contribution >= 0.6 is 11.6 Å². The number of aryl methyl sites for hydroxylation is 1. The van der Waals surface area contributed by atoms with E-state index < -0.39 is 0 Å². The summed E-state index contributed by atoms with van der Waals surface area (Å²) >= 11 is 6.02. The van der Waals surface area contributed by atoms with E-state index in [1.54, 1.807) is 32.6 Å². The molecule has 0 unspecified atom stereocenters. The summed E-state index contributed by atoms with van der Waals surface area (Å²) in [5.41, 5.74) is 5.70. The lowest BCUT2D eigenvalue weighted by atomic mass is 10.2. The molecule has 128 valence electrons. The van der Waals surface area contributed by atoms with Crippen LogP contribution in [-0.4, -0.2) is 30.4 Å². The number of nitrogens with zero attached hydrogens (tertiary/aromatic N) is 3. The van der Waals surface area contributed by atoms with Crippen LogP contribution in [-0.2, 0) is 0 Å². The van der Waals surface area contributed by atoms with Crippen molar-refractivity contribution < 1.29 is 9.47 Å². The number of nitrogens with one attached hydrogen (secondary N) is 1. The van der Waals surface area contributed by atoms with E-state index in [1.807, 2.05) is 31.2 Å². The molecule has 1 aromatic heterocycles. The average Bonchev–Trinajstić information content (AvgIpc) is 2.60. The van der Waals surface area contributed by atoms with E-state index in [1.165, 1.54) is 0 Å². The second kappa shape index (κ2) is 7.36. The van der Waals surface area contributed by atoms with Crippen LogP contribution in [0.3, 0.4) is 0 Å². The molecule has 6 nitrogen and oxygen atoms in total. The zero-order valence-electron chi connectivity index (χ0n) is 14.1. The van der Waals surface area contributed by atoms with Crippen LogP contribution < -0.4 is 14.9 Å². The van der Waals surface area contributed by atoms with Gasteiger partial charge in [-0.2, -0.15) is 10.1 Å². The third kappa shape index (κ3) is 3.80. The van der Waals surface area contributed by atoms with Gasteiger partial charge in [0.2, 0.25) is 5.28 Å². The summed E-state index contributed by atoms with van der Waals surface area (Å²) in [5.74, 6) is 1.63. The van der Waals surface area contributed by atoms with Gasteiger partial charge in [-0.15, -0.1) is 0 Å². The van der Waals surface area contributed by atoms with Crippen LogP contribution in [0, 0.1) is 6.92 Å². The Hall–Kier alpha value is -2.86. The number of anilines is 1. The van der Waals surface area contributed by atoms with Crippen molar-refractivity contribution in [3.05, 3.63) is 52.8 Å². The molecule has 0 aliphatic rings. The van der Waals surface area contributed by atoms with Crippen molar-refractivity contribution >= 4 is 34.5 Å². The number of hydrogen-bond acceptors (Lipinski definition) is 6. The molecule has 0 saturated carbocycles.